The molecule has 4 heteroatoms. The quantitative estimate of drug-likeness (QED) is 0.748. The van der Waals surface area contributed by atoms with Gasteiger partial charge in [0.1, 0.15) is 0 Å². The third-order valence-corrected chi connectivity index (χ3v) is 4.46. The summed E-state index contributed by atoms with van der Waals surface area (Å²) in [6.07, 6.45) is 2.90. The highest BCUT2D eigenvalue weighted by molar-refractivity contribution is 7.92. The summed E-state index contributed by atoms with van der Waals surface area (Å²) >= 11 is 0. The van der Waals surface area contributed by atoms with E-state index in [-0.39, 0.29) is 5.41 Å². The number of rotatable bonds is 3. The molecule has 1 saturated heterocycles. The summed E-state index contributed by atoms with van der Waals surface area (Å²) in [4.78, 5) is 0. The standard InChI is InChI=1S/C9H20N2OS/c1-4-13(3,12)11-8-9(2)5-6-10-7-9/h10H,4-8H2,1-3H3. The van der Waals surface area contributed by atoms with Crippen LogP contribution in [0.5, 0.6) is 0 Å². The molecule has 2 atom stereocenters. The van der Waals surface area contributed by atoms with E-state index >= 15 is 0 Å². The van der Waals surface area contributed by atoms with Gasteiger partial charge in [0.2, 0.25) is 0 Å². The van der Waals surface area contributed by atoms with Crippen molar-refractivity contribution in [3.05, 3.63) is 0 Å². The van der Waals surface area contributed by atoms with E-state index in [4.69, 9.17) is 0 Å². The average molecular weight is 204 g/mol. The number of nitrogens with zero attached hydrogens (tertiary/aromatic N) is 1. The molecule has 78 valence electrons. The van der Waals surface area contributed by atoms with Crippen LogP contribution in [0.4, 0.5) is 0 Å². The van der Waals surface area contributed by atoms with Crippen LogP contribution >= 0.6 is 0 Å². The summed E-state index contributed by atoms with van der Waals surface area (Å²) in [5, 5.41) is 3.31. The van der Waals surface area contributed by atoms with Crippen molar-refractivity contribution >= 4 is 9.73 Å². The van der Waals surface area contributed by atoms with Gasteiger partial charge in [0.05, 0.1) is 6.54 Å². The maximum atomic E-state index is 11.7. The molecular formula is C9H20N2OS. The minimum absolute atomic E-state index is 0.244. The average Bonchev–Trinajstić information content (AvgIpc) is 2.50. The van der Waals surface area contributed by atoms with Crippen LogP contribution in [0.1, 0.15) is 20.3 Å². The normalized spacial score (nSPS) is 32.8. The monoisotopic (exact) mass is 204 g/mol. The fourth-order valence-corrected chi connectivity index (χ4v) is 2.15. The maximum absolute atomic E-state index is 11.7. The number of hydrogen-bond donors (Lipinski definition) is 1. The Morgan fingerprint density at radius 1 is 1.62 bits per heavy atom. The molecule has 0 aliphatic carbocycles. The van der Waals surface area contributed by atoms with E-state index in [0.717, 1.165) is 26.1 Å². The predicted octanol–water partition coefficient (Wildman–Crippen LogP) is 1.10. The molecule has 0 radical (unpaired) electrons. The van der Waals surface area contributed by atoms with Crippen molar-refractivity contribution in [1.29, 1.82) is 0 Å². The van der Waals surface area contributed by atoms with Gasteiger partial charge in [-0.05, 0) is 13.0 Å². The molecule has 1 heterocycles. The SMILES string of the molecule is CCS(C)(=O)=NCC1(C)CCNC1. The van der Waals surface area contributed by atoms with E-state index in [1.165, 1.54) is 0 Å². The predicted molar refractivity (Wildman–Crippen MR) is 57.5 cm³/mol. The summed E-state index contributed by atoms with van der Waals surface area (Å²) in [6.45, 7) is 6.96. The van der Waals surface area contributed by atoms with Gasteiger partial charge in [-0.2, -0.15) is 0 Å². The minimum Gasteiger partial charge on any atom is -0.316 e. The molecule has 1 aliphatic heterocycles. The molecule has 3 nitrogen and oxygen atoms in total. The fraction of sp³-hybridized carbons (Fsp3) is 1.00. The van der Waals surface area contributed by atoms with Crippen molar-refractivity contribution < 1.29 is 4.21 Å². The second-order valence-electron chi connectivity index (χ2n) is 4.27. The van der Waals surface area contributed by atoms with Crippen LogP contribution in [0.3, 0.4) is 0 Å². The lowest BCUT2D eigenvalue weighted by molar-refractivity contribution is 0.381. The molecule has 0 aromatic heterocycles. The van der Waals surface area contributed by atoms with Gasteiger partial charge in [-0.15, -0.1) is 0 Å². The molecule has 0 spiro atoms. The molecular weight excluding hydrogens is 184 g/mol. The van der Waals surface area contributed by atoms with Gasteiger partial charge in [-0.3, -0.25) is 4.21 Å². The van der Waals surface area contributed by atoms with Crippen molar-refractivity contribution in [2.75, 3.05) is 31.6 Å². The first-order valence-corrected chi connectivity index (χ1v) is 6.93. The lowest BCUT2D eigenvalue weighted by Crippen LogP contribution is -2.24. The molecule has 1 rings (SSSR count). The summed E-state index contributed by atoms with van der Waals surface area (Å²) < 4.78 is 16.0. The van der Waals surface area contributed by atoms with E-state index in [9.17, 15) is 4.21 Å². The maximum Gasteiger partial charge on any atom is 0.0550 e. The summed E-state index contributed by atoms with van der Waals surface area (Å²) in [6, 6.07) is 0. The Kier molecular flexibility index (Phi) is 3.35. The van der Waals surface area contributed by atoms with Crippen LogP contribution in [-0.2, 0) is 9.73 Å². The first-order valence-electron chi connectivity index (χ1n) is 4.84. The Labute approximate surface area is 81.5 Å². The lowest BCUT2D eigenvalue weighted by Gasteiger charge is -2.19. The molecule has 2 unspecified atom stereocenters. The highest BCUT2D eigenvalue weighted by Gasteiger charge is 2.28. The summed E-state index contributed by atoms with van der Waals surface area (Å²) in [5.41, 5.74) is 0.244. The lowest BCUT2D eigenvalue weighted by atomic mass is 9.90. The zero-order valence-electron chi connectivity index (χ0n) is 8.80. The van der Waals surface area contributed by atoms with Gasteiger partial charge in [0.15, 0.2) is 0 Å². The topological polar surface area (TPSA) is 41.5 Å². The van der Waals surface area contributed by atoms with Crippen molar-refractivity contribution in [1.82, 2.24) is 5.32 Å². The summed E-state index contributed by atoms with van der Waals surface area (Å²) in [5.74, 6) is 0.663. The van der Waals surface area contributed by atoms with Crippen LogP contribution < -0.4 is 5.32 Å². The van der Waals surface area contributed by atoms with Crippen molar-refractivity contribution in [2.24, 2.45) is 9.78 Å². The Balaban J connectivity index is 2.59. The largest absolute Gasteiger partial charge is 0.316 e. The first-order chi connectivity index (χ1) is 5.97. The third kappa shape index (κ3) is 3.27. The Morgan fingerprint density at radius 3 is 2.77 bits per heavy atom. The second kappa shape index (κ2) is 3.96. The Morgan fingerprint density at radius 2 is 2.31 bits per heavy atom. The van der Waals surface area contributed by atoms with Crippen molar-refractivity contribution in [3.8, 4) is 0 Å². The van der Waals surface area contributed by atoms with Crippen molar-refractivity contribution in [3.63, 3.8) is 0 Å². The highest BCUT2D eigenvalue weighted by Crippen LogP contribution is 2.24. The molecule has 1 fully saturated rings. The third-order valence-electron chi connectivity index (χ3n) is 2.71. The second-order valence-corrected chi connectivity index (χ2v) is 7.03. The minimum atomic E-state index is -1.90. The smallest absolute Gasteiger partial charge is 0.0550 e. The summed E-state index contributed by atoms with van der Waals surface area (Å²) in [7, 11) is -1.90. The van der Waals surface area contributed by atoms with Crippen LogP contribution in [0.25, 0.3) is 0 Å². The van der Waals surface area contributed by atoms with Crippen LogP contribution in [0.15, 0.2) is 4.36 Å². The van der Waals surface area contributed by atoms with E-state index in [2.05, 4.69) is 16.6 Å². The molecule has 1 N–H and O–H groups in total. The van der Waals surface area contributed by atoms with Crippen LogP contribution in [-0.4, -0.2) is 35.9 Å². The van der Waals surface area contributed by atoms with Gasteiger partial charge < -0.3 is 5.32 Å². The van der Waals surface area contributed by atoms with Crippen molar-refractivity contribution in [2.45, 2.75) is 20.3 Å². The van der Waals surface area contributed by atoms with Gasteiger partial charge in [0, 0.05) is 33.7 Å². The number of hydrogen-bond acceptors (Lipinski definition) is 3. The van der Waals surface area contributed by atoms with Crippen LogP contribution in [0.2, 0.25) is 0 Å². The van der Waals surface area contributed by atoms with E-state index in [1.54, 1.807) is 6.26 Å². The van der Waals surface area contributed by atoms with Gasteiger partial charge in [-0.1, -0.05) is 13.8 Å². The van der Waals surface area contributed by atoms with Gasteiger partial charge in [0.25, 0.3) is 0 Å². The van der Waals surface area contributed by atoms with Gasteiger partial charge in [-0.25, -0.2) is 4.36 Å². The Hall–Kier alpha value is -0.0900. The molecule has 0 saturated carbocycles. The molecule has 1 aliphatic rings. The molecule has 0 bridgehead atoms. The first kappa shape index (κ1) is 11.0. The molecule has 13 heavy (non-hydrogen) atoms. The zero-order chi connectivity index (χ0) is 9.95. The number of nitrogens with one attached hydrogen (secondary N) is 1. The molecule has 0 aromatic carbocycles. The molecule has 0 amide bonds. The van der Waals surface area contributed by atoms with E-state index in [1.807, 2.05) is 6.92 Å². The zero-order valence-corrected chi connectivity index (χ0v) is 9.62. The Bertz CT molecular complexity index is 273. The van der Waals surface area contributed by atoms with Gasteiger partial charge >= 0.3 is 0 Å². The highest BCUT2D eigenvalue weighted by atomic mass is 32.2. The van der Waals surface area contributed by atoms with E-state index in [0.29, 0.717) is 5.75 Å². The molecule has 0 aromatic rings. The fourth-order valence-electron chi connectivity index (χ4n) is 1.39. The van der Waals surface area contributed by atoms with Crippen LogP contribution in [0, 0.1) is 5.41 Å². The van der Waals surface area contributed by atoms with E-state index < -0.39 is 9.73 Å².